The molecule has 0 saturated carbocycles. The van der Waals surface area contributed by atoms with E-state index in [-0.39, 0.29) is 33.2 Å². The number of anilines is 1. The van der Waals surface area contributed by atoms with Crippen molar-refractivity contribution in [2.24, 2.45) is 0 Å². The Bertz CT molecular complexity index is 1430. The summed E-state index contributed by atoms with van der Waals surface area (Å²) in [5.41, 5.74) is 0.424. The van der Waals surface area contributed by atoms with Crippen LogP contribution in [0.5, 0.6) is 0 Å². The number of nitrogens with zero attached hydrogens (tertiary/aromatic N) is 2. The molecule has 2 amide bonds. The van der Waals surface area contributed by atoms with Gasteiger partial charge in [0, 0.05) is 33.2 Å². The Labute approximate surface area is 248 Å². The number of hydrogen-bond acceptors (Lipinski definition) is 4. The molecule has 0 spiro atoms. The first-order valence-corrected chi connectivity index (χ1v) is 14.8. The molecule has 7 nitrogen and oxygen atoms in total. The van der Waals surface area contributed by atoms with Crippen LogP contribution in [0.1, 0.15) is 26.3 Å². The van der Waals surface area contributed by atoms with Crippen molar-refractivity contribution in [3.05, 3.63) is 92.4 Å². The van der Waals surface area contributed by atoms with Crippen molar-refractivity contribution in [3.63, 3.8) is 0 Å². The maximum atomic E-state index is 13.9. The minimum atomic E-state index is -4.29. The number of benzene rings is 3. The Morgan fingerprint density at radius 2 is 1.46 bits per heavy atom. The first kappa shape index (κ1) is 31.0. The summed E-state index contributed by atoms with van der Waals surface area (Å²) in [6, 6.07) is 15.6. The summed E-state index contributed by atoms with van der Waals surface area (Å²) in [6.45, 7) is 4.29. The summed E-state index contributed by atoms with van der Waals surface area (Å²) in [7, 11) is -4.29. The molecule has 0 radical (unpaired) electrons. The second kappa shape index (κ2) is 13.2. The summed E-state index contributed by atoms with van der Waals surface area (Å²) >= 11 is 25.3. The Balaban J connectivity index is 2.10. The monoisotopic (exact) mass is 629 g/mol. The van der Waals surface area contributed by atoms with Crippen LogP contribution in [0.3, 0.4) is 0 Å². The Kier molecular flexibility index (Phi) is 10.5. The third-order valence-corrected chi connectivity index (χ3v) is 8.81. The molecule has 3 aromatic carbocycles. The van der Waals surface area contributed by atoms with Crippen molar-refractivity contribution in [1.82, 2.24) is 10.2 Å². The van der Waals surface area contributed by atoms with Crippen LogP contribution < -0.4 is 9.62 Å². The zero-order valence-electron chi connectivity index (χ0n) is 21.4. The molecule has 0 fully saturated rings. The van der Waals surface area contributed by atoms with Crippen LogP contribution >= 0.6 is 46.4 Å². The van der Waals surface area contributed by atoms with Gasteiger partial charge in [-0.1, -0.05) is 70.7 Å². The van der Waals surface area contributed by atoms with Gasteiger partial charge in [-0.15, -0.1) is 0 Å². The van der Waals surface area contributed by atoms with Gasteiger partial charge in [-0.2, -0.15) is 0 Å². The van der Waals surface area contributed by atoms with E-state index in [0.717, 1.165) is 4.31 Å². The summed E-state index contributed by atoms with van der Waals surface area (Å²) in [6.07, 6.45) is 0. The summed E-state index contributed by atoms with van der Waals surface area (Å²) in [4.78, 5) is 28.1. The number of carbonyl (C=O) groups is 2. The lowest BCUT2D eigenvalue weighted by atomic mass is 10.1. The lowest BCUT2D eigenvalue weighted by Crippen LogP contribution is -2.52. The summed E-state index contributed by atoms with van der Waals surface area (Å²) in [5, 5.41) is 3.66. The van der Waals surface area contributed by atoms with E-state index in [2.05, 4.69) is 5.32 Å². The molecule has 0 heterocycles. The topological polar surface area (TPSA) is 86.8 Å². The van der Waals surface area contributed by atoms with Gasteiger partial charge in [0.15, 0.2) is 0 Å². The van der Waals surface area contributed by atoms with E-state index in [1.807, 2.05) is 0 Å². The number of carbonyl (C=O) groups excluding carboxylic acids is 2. The molecule has 1 N–H and O–H groups in total. The molecule has 1 atom stereocenters. The maximum Gasteiger partial charge on any atom is 0.264 e. The van der Waals surface area contributed by atoms with Gasteiger partial charge in [0.25, 0.3) is 10.0 Å². The molecule has 0 aliphatic rings. The smallest absolute Gasteiger partial charge is 0.264 e. The predicted molar refractivity (Wildman–Crippen MR) is 157 cm³/mol. The van der Waals surface area contributed by atoms with E-state index in [4.69, 9.17) is 46.4 Å². The van der Waals surface area contributed by atoms with E-state index in [0.29, 0.717) is 15.6 Å². The minimum Gasteiger partial charge on any atom is -0.352 e. The Morgan fingerprint density at radius 3 is 2.05 bits per heavy atom. The second-order valence-electron chi connectivity index (χ2n) is 8.98. The van der Waals surface area contributed by atoms with Gasteiger partial charge in [0.05, 0.1) is 15.6 Å². The average Bonchev–Trinajstić information content (AvgIpc) is 2.88. The summed E-state index contributed by atoms with van der Waals surface area (Å²) < 4.78 is 28.5. The van der Waals surface area contributed by atoms with Crippen LogP contribution in [-0.4, -0.2) is 43.8 Å². The second-order valence-corrected chi connectivity index (χ2v) is 12.5. The third kappa shape index (κ3) is 7.58. The molecule has 208 valence electrons. The lowest BCUT2D eigenvalue weighted by molar-refractivity contribution is -0.139. The van der Waals surface area contributed by atoms with Gasteiger partial charge in [-0.25, -0.2) is 8.42 Å². The molecule has 0 aliphatic heterocycles. The number of rotatable bonds is 10. The van der Waals surface area contributed by atoms with Gasteiger partial charge in [0.2, 0.25) is 11.8 Å². The fourth-order valence-corrected chi connectivity index (χ4v) is 6.15. The van der Waals surface area contributed by atoms with E-state index >= 15 is 0 Å². The lowest BCUT2D eigenvalue weighted by Gasteiger charge is -2.33. The van der Waals surface area contributed by atoms with E-state index in [1.54, 1.807) is 57.2 Å². The molecule has 39 heavy (non-hydrogen) atoms. The fourth-order valence-electron chi connectivity index (χ4n) is 3.75. The van der Waals surface area contributed by atoms with Crippen molar-refractivity contribution < 1.29 is 18.0 Å². The maximum absolute atomic E-state index is 13.9. The highest BCUT2D eigenvalue weighted by molar-refractivity contribution is 7.92. The van der Waals surface area contributed by atoms with Crippen molar-refractivity contribution in [2.45, 2.75) is 44.3 Å². The van der Waals surface area contributed by atoms with Crippen LogP contribution in [-0.2, 0) is 26.2 Å². The highest BCUT2D eigenvalue weighted by Crippen LogP contribution is 2.33. The zero-order valence-corrected chi connectivity index (χ0v) is 25.2. The first-order chi connectivity index (χ1) is 18.3. The highest BCUT2D eigenvalue weighted by atomic mass is 35.5. The largest absolute Gasteiger partial charge is 0.352 e. The van der Waals surface area contributed by atoms with Gasteiger partial charge < -0.3 is 10.2 Å². The molecule has 12 heteroatoms. The van der Waals surface area contributed by atoms with Crippen molar-refractivity contribution in [3.8, 4) is 0 Å². The number of hydrogen-bond donors (Lipinski definition) is 1. The first-order valence-electron chi connectivity index (χ1n) is 11.9. The van der Waals surface area contributed by atoms with Crippen LogP contribution in [0.25, 0.3) is 0 Å². The predicted octanol–water partition coefficient (Wildman–Crippen LogP) is 6.44. The van der Waals surface area contributed by atoms with Gasteiger partial charge in [-0.3, -0.25) is 13.9 Å². The normalized spacial score (nSPS) is 12.2. The molecular weight excluding hydrogens is 604 g/mol. The Hall–Kier alpha value is -2.49. The highest BCUT2D eigenvalue weighted by Gasteiger charge is 2.34. The van der Waals surface area contributed by atoms with Gasteiger partial charge >= 0.3 is 0 Å². The van der Waals surface area contributed by atoms with E-state index in [9.17, 15) is 18.0 Å². The van der Waals surface area contributed by atoms with Crippen LogP contribution in [0.15, 0.2) is 71.6 Å². The molecular formula is C27H27Cl4N3O4S. The Morgan fingerprint density at radius 1 is 0.846 bits per heavy atom. The molecule has 3 rings (SSSR count). The van der Waals surface area contributed by atoms with E-state index < -0.39 is 34.4 Å². The number of halogens is 4. The van der Waals surface area contributed by atoms with Crippen LogP contribution in [0, 0.1) is 0 Å². The van der Waals surface area contributed by atoms with Crippen LogP contribution in [0.4, 0.5) is 5.69 Å². The SMILES string of the molecule is CC(C)NC(=O)C(C)N(Cc1c(Cl)cccc1Cl)C(=O)CN(c1cc(Cl)ccc1Cl)S(=O)(=O)c1ccccc1. The zero-order chi connectivity index (χ0) is 28.9. The average molecular weight is 631 g/mol. The molecule has 3 aromatic rings. The number of nitrogens with one attached hydrogen (secondary N) is 1. The quantitative estimate of drug-likeness (QED) is 0.279. The number of sulfonamides is 1. The van der Waals surface area contributed by atoms with Crippen LogP contribution in [0.2, 0.25) is 20.1 Å². The molecule has 0 bridgehead atoms. The van der Waals surface area contributed by atoms with Crippen molar-refractivity contribution in [1.29, 1.82) is 0 Å². The minimum absolute atomic E-state index is 0.0105. The van der Waals surface area contributed by atoms with Crippen molar-refractivity contribution in [2.75, 3.05) is 10.8 Å². The molecule has 0 aliphatic carbocycles. The van der Waals surface area contributed by atoms with Gasteiger partial charge in [-0.05, 0) is 63.2 Å². The molecule has 0 aromatic heterocycles. The standard InChI is InChI=1S/C27H27Cl4N3O4S/c1-17(2)32-27(36)18(3)33(15-21-22(29)10-7-11-23(21)30)26(35)16-34(25-14-19(28)12-13-24(25)31)39(37,38)20-8-5-4-6-9-20/h4-14,17-18H,15-16H2,1-3H3,(H,32,36). The third-order valence-electron chi connectivity index (χ3n) is 5.78. The van der Waals surface area contributed by atoms with Crippen molar-refractivity contribution >= 4 is 73.9 Å². The molecule has 0 saturated heterocycles. The van der Waals surface area contributed by atoms with E-state index in [1.165, 1.54) is 35.2 Å². The fraction of sp³-hybridized carbons (Fsp3) is 0.259. The van der Waals surface area contributed by atoms with Gasteiger partial charge in [0.1, 0.15) is 12.6 Å². The molecule has 1 unspecified atom stereocenters. The number of amides is 2. The summed E-state index contributed by atoms with van der Waals surface area (Å²) in [5.74, 6) is -1.12.